The molecule has 1 aliphatic heterocycles. The first kappa shape index (κ1) is 16.2. The standard InChI is InChI=1S/C19H18ClNOS/c1-13(22)21(2)11-5-7-15-16-6-3-4-8-18(16)23-19-10-9-14(20)12-17(15)19/h3-4,6-10,12H,5,11H2,1-2H3/b15-7+. The Kier molecular flexibility index (Phi) is 4.79. The van der Waals surface area contributed by atoms with Gasteiger partial charge in [0, 0.05) is 35.3 Å². The van der Waals surface area contributed by atoms with Crippen molar-refractivity contribution in [3.05, 3.63) is 64.7 Å². The molecule has 2 nitrogen and oxygen atoms in total. The van der Waals surface area contributed by atoms with E-state index in [1.807, 2.05) is 19.2 Å². The van der Waals surface area contributed by atoms with E-state index in [4.69, 9.17) is 11.6 Å². The quantitative estimate of drug-likeness (QED) is 0.659. The van der Waals surface area contributed by atoms with Crippen molar-refractivity contribution in [2.75, 3.05) is 13.6 Å². The summed E-state index contributed by atoms with van der Waals surface area (Å²) in [5.41, 5.74) is 3.61. The summed E-state index contributed by atoms with van der Waals surface area (Å²) in [4.78, 5) is 15.6. The summed E-state index contributed by atoms with van der Waals surface area (Å²) >= 11 is 7.98. The molecule has 0 N–H and O–H groups in total. The monoisotopic (exact) mass is 343 g/mol. The first-order valence-corrected chi connectivity index (χ1v) is 8.75. The normalized spacial score (nSPS) is 14.3. The highest BCUT2D eigenvalue weighted by molar-refractivity contribution is 7.99. The molecule has 0 bridgehead atoms. The number of amides is 1. The average Bonchev–Trinajstić information content (AvgIpc) is 2.54. The number of nitrogens with zero attached hydrogens (tertiary/aromatic N) is 1. The van der Waals surface area contributed by atoms with Crippen LogP contribution in [-0.2, 0) is 4.79 Å². The van der Waals surface area contributed by atoms with Crippen LogP contribution in [0.15, 0.2) is 58.3 Å². The molecule has 0 atom stereocenters. The van der Waals surface area contributed by atoms with Crippen LogP contribution in [0.4, 0.5) is 0 Å². The minimum absolute atomic E-state index is 0.0893. The third-order valence-corrected chi connectivity index (χ3v) is 5.37. The topological polar surface area (TPSA) is 20.3 Å². The second-order valence-electron chi connectivity index (χ2n) is 5.59. The summed E-state index contributed by atoms with van der Waals surface area (Å²) in [5, 5.41) is 0.746. The van der Waals surface area contributed by atoms with Crippen LogP contribution in [0.1, 0.15) is 24.5 Å². The molecular weight excluding hydrogens is 326 g/mol. The molecule has 0 unspecified atom stereocenters. The molecule has 1 heterocycles. The van der Waals surface area contributed by atoms with E-state index in [1.165, 1.54) is 26.5 Å². The summed E-state index contributed by atoms with van der Waals surface area (Å²) in [5.74, 6) is 0.0893. The number of hydrogen-bond donors (Lipinski definition) is 0. The van der Waals surface area contributed by atoms with Gasteiger partial charge in [0.2, 0.25) is 5.91 Å². The molecule has 1 amide bonds. The van der Waals surface area contributed by atoms with E-state index in [1.54, 1.807) is 23.6 Å². The molecule has 0 saturated heterocycles. The van der Waals surface area contributed by atoms with Gasteiger partial charge < -0.3 is 4.90 Å². The third-order valence-electron chi connectivity index (χ3n) is 3.98. The lowest BCUT2D eigenvalue weighted by Gasteiger charge is -2.22. The van der Waals surface area contributed by atoms with E-state index in [0.717, 1.165) is 11.4 Å². The first-order chi connectivity index (χ1) is 11.1. The Labute approximate surface area is 146 Å². The molecule has 3 rings (SSSR count). The highest BCUT2D eigenvalue weighted by atomic mass is 35.5. The van der Waals surface area contributed by atoms with Crippen molar-refractivity contribution in [2.45, 2.75) is 23.1 Å². The Morgan fingerprint density at radius 2 is 1.91 bits per heavy atom. The van der Waals surface area contributed by atoms with Gasteiger partial charge in [-0.15, -0.1) is 0 Å². The fourth-order valence-corrected chi connectivity index (χ4v) is 3.88. The predicted molar refractivity (Wildman–Crippen MR) is 97.0 cm³/mol. The van der Waals surface area contributed by atoms with Crippen LogP contribution in [-0.4, -0.2) is 24.4 Å². The second kappa shape index (κ2) is 6.81. The zero-order valence-corrected chi connectivity index (χ0v) is 14.7. The van der Waals surface area contributed by atoms with E-state index < -0.39 is 0 Å². The highest BCUT2D eigenvalue weighted by Crippen LogP contribution is 2.46. The van der Waals surface area contributed by atoms with Crippen molar-refractivity contribution in [1.29, 1.82) is 0 Å². The van der Waals surface area contributed by atoms with Crippen molar-refractivity contribution < 1.29 is 4.79 Å². The van der Waals surface area contributed by atoms with Crippen molar-refractivity contribution in [1.82, 2.24) is 4.90 Å². The number of carbonyl (C=O) groups excluding carboxylic acids is 1. The van der Waals surface area contributed by atoms with Gasteiger partial charge in [0.1, 0.15) is 0 Å². The van der Waals surface area contributed by atoms with Gasteiger partial charge in [-0.1, -0.05) is 47.6 Å². The van der Waals surface area contributed by atoms with E-state index in [-0.39, 0.29) is 5.91 Å². The first-order valence-electron chi connectivity index (χ1n) is 7.55. The number of fused-ring (bicyclic) bond motifs is 2. The van der Waals surface area contributed by atoms with E-state index >= 15 is 0 Å². The molecule has 4 heteroatoms. The molecule has 0 fully saturated rings. The summed E-state index contributed by atoms with van der Waals surface area (Å²) < 4.78 is 0. The molecule has 0 saturated carbocycles. The molecule has 2 aromatic rings. The lowest BCUT2D eigenvalue weighted by atomic mass is 9.96. The van der Waals surface area contributed by atoms with Gasteiger partial charge >= 0.3 is 0 Å². The SMILES string of the molecule is CC(=O)N(C)CC/C=C1\c2ccccc2Sc2ccc(Cl)cc21. The van der Waals surface area contributed by atoms with Crippen LogP contribution in [0.25, 0.3) is 5.57 Å². The van der Waals surface area contributed by atoms with Crippen LogP contribution in [0.5, 0.6) is 0 Å². The Hall–Kier alpha value is -1.71. The number of hydrogen-bond acceptors (Lipinski definition) is 2. The molecule has 2 aromatic carbocycles. The number of carbonyl (C=O) groups is 1. The van der Waals surface area contributed by atoms with E-state index in [0.29, 0.717) is 6.54 Å². The maximum atomic E-state index is 11.4. The van der Waals surface area contributed by atoms with Gasteiger partial charge in [-0.2, -0.15) is 0 Å². The maximum absolute atomic E-state index is 11.4. The van der Waals surface area contributed by atoms with Crippen molar-refractivity contribution in [3.8, 4) is 0 Å². The van der Waals surface area contributed by atoms with E-state index in [9.17, 15) is 4.79 Å². The lowest BCUT2D eigenvalue weighted by molar-refractivity contribution is -0.127. The summed E-state index contributed by atoms with van der Waals surface area (Å²) in [6.45, 7) is 2.30. The Bertz CT molecular complexity index is 785. The Morgan fingerprint density at radius 3 is 2.70 bits per heavy atom. The van der Waals surface area contributed by atoms with Gasteiger partial charge in [-0.3, -0.25) is 4.79 Å². The van der Waals surface area contributed by atoms with Crippen molar-refractivity contribution in [3.63, 3.8) is 0 Å². The molecule has 118 valence electrons. The van der Waals surface area contributed by atoms with Crippen LogP contribution in [0.3, 0.4) is 0 Å². The van der Waals surface area contributed by atoms with Gasteiger partial charge in [0.05, 0.1) is 0 Å². The van der Waals surface area contributed by atoms with Crippen LogP contribution in [0.2, 0.25) is 5.02 Å². The molecule has 0 spiro atoms. The smallest absolute Gasteiger partial charge is 0.219 e. The summed E-state index contributed by atoms with van der Waals surface area (Å²) in [6.07, 6.45) is 3.03. The van der Waals surface area contributed by atoms with Crippen molar-refractivity contribution in [2.24, 2.45) is 0 Å². The Morgan fingerprint density at radius 1 is 1.17 bits per heavy atom. The van der Waals surface area contributed by atoms with Gasteiger partial charge in [0.15, 0.2) is 0 Å². The average molecular weight is 344 g/mol. The molecule has 1 aliphatic rings. The van der Waals surface area contributed by atoms with Crippen LogP contribution >= 0.6 is 23.4 Å². The van der Waals surface area contributed by atoms with Crippen molar-refractivity contribution >= 4 is 34.8 Å². The highest BCUT2D eigenvalue weighted by Gasteiger charge is 2.20. The molecule has 0 aromatic heterocycles. The lowest BCUT2D eigenvalue weighted by Crippen LogP contribution is -2.24. The largest absolute Gasteiger partial charge is 0.346 e. The zero-order chi connectivity index (χ0) is 16.4. The van der Waals surface area contributed by atoms with Crippen LogP contribution < -0.4 is 0 Å². The number of benzene rings is 2. The minimum Gasteiger partial charge on any atom is -0.346 e. The summed E-state index contributed by atoms with van der Waals surface area (Å²) in [6, 6.07) is 14.5. The Balaban J connectivity index is 1.98. The zero-order valence-electron chi connectivity index (χ0n) is 13.2. The minimum atomic E-state index is 0.0893. The van der Waals surface area contributed by atoms with Crippen LogP contribution in [0, 0.1) is 0 Å². The fourth-order valence-electron chi connectivity index (χ4n) is 2.62. The number of halogens is 1. The predicted octanol–water partition coefficient (Wildman–Crippen LogP) is 5.10. The van der Waals surface area contributed by atoms with Gasteiger partial charge in [-0.25, -0.2) is 0 Å². The maximum Gasteiger partial charge on any atom is 0.219 e. The molecule has 0 radical (unpaired) electrons. The molecular formula is C19H18ClNOS. The molecule has 23 heavy (non-hydrogen) atoms. The number of rotatable bonds is 3. The summed E-state index contributed by atoms with van der Waals surface area (Å²) in [7, 11) is 1.83. The molecule has 0 aliphatic carbocycles. The van der Waals surface area contributed by atoms with Gasteiger partial charge in [-0.05, 0) is 47.4 Å². The fraction of sp³-hybridized carbons (Fsp3) is 0.211. The second-order valence-corrected chi connectivity index (χ2v) is 7.11. The van der Waals surface area contributed by atoms with Gasteiger partial charge in [0.25, 0.3) is 0 Å². The van der Waals surface area contributed by atoms with E-state index in [2.05, 4.69) is 36.4 Å². The third kappa shape index (κ3) is 3.46.